The smallest absolute Gasteiger partial charge is 0.0957 e. The highest BCUT2D eigenvalue weighted by Crippen LogP contribution is 2.05. The molecule has 1 unspecified atom stereocenters. The van der Waals surface area contributed by atoms with Crippen LogP contribution in [-0.4, -0.2) is 9.97 Å². The lowest BCUT2D eigenvalue weighted by atomic mass is 10.3. The van der Waals surface area contributed by atoms with Crippen LogP contribution in [0, 0.1) is 0 Å². The van der Waals surface area contributed by atoms with E-state index in [2.05, 4.69) is 19.2 Å². The van der Waals surface area contributed by atoms with Crippen molar-refractivity contribution in [2.24, 2.45) is 0 Å². The number of fused-ring (bicyclic) bond motifs is 1. The first-order valence-corrected chi connectivity index (χ1v) is 3.91. The molecule has 0 saturated carbocycles. The van der Waals surface area contributed by atoms with E-state index in [0.29, 0.717) is 0 Å². The van der Waals surface area contributed by atoms with Crippen LogP contribution in [-0.2, 0) is 0 Å². The molecule has 0 amide bonds. The second kappa shape index (κ2) is 2.55. The minimum atomic E-state index is 0.944. The van der Waals surface area contributed by atoms with Crippen LogP contribution in [0.5, 0.6) is 0 Å². The molecule has 0 N–H and O–H groups in total. The van der Waals surface area contributed by atoms with E-state index in [4.69, 9.17) is 0 Å². The summed E-state index contributed by atoms with van der Waals surface area (Å²) in [6, 6.07) is 5.77. The molecule has 0 fully saturated rings. The van der Waals surface area contributed by atoms with Gasteiger partial charge < -0.3 is 0 Å². The minimum Gasteiger partial charge on any atom is -0.255 e. The molecule has 2 heterocycles. The number of pyridine rings is 2. The molecule has 0 aliphatic carbocycles. The first kappa shape index (κ1) is 6.68. The first-order valence-electron chi connectivity index (χ1n) is 3.33. The molecule has 1 atom stereocenters. The zero-order chi connectivity index (χ0) is 7.68. The van der Waals surface area contributed by atoms with Crippen LogP contribution in [0.25, 0.3) is 11.0 Å². The van der Waals surface area contributed by atoms with Crippen LogP contribution in [0.3, 0.4) is 0 Å². The van der Waals surface area contributed by atoms with Crippen molar-refractivity contribution in [3.05, 3.63) is 30.6 Å². The van der Waals surface area contributed by atoms with E-state index in [-0.39, 0.29) is 0 Å². The van der Waals surface area contributed by atoms with Gasteiger partial charge in [0.25, 0.3) is 0 Å². The Bertz CT molecular complexity index is 381. The van der Waals surface area contributed by atoms with Crippen molar-refractivity contribution in [3.63, 3.8) is 0 Å². The molecule has 0 aromatic carbocycles. The number of aromatic nitrogens is 2. The molecular weight excluding hydrogens is 155 g/mol. The van der Waals surface area contributed by atoms with Crippen LogP contribution in [0.2, 0.25) is 0 Å². The summed E-state index contributed by atoms with van der Waals surface area (Å²) in [5, 5.41) is 1.09. The Morgan fingerprint density at radius 3 is 2.82 bits per heavy atom. The third-order valence-corrected chi connectivity index (χ3v) is 1.99. The molecule has 0 spiro atoms. The maximum absolute atomic E-state index is 4.20. The molecule has 0 bridgehead atoms. The van der Waals surface area contributed by atoms with Gasteiger partial charge in [-0.25, -0.2) is 0 Å². The molecule has 3 heteroatoms. The van der Waals surface area contributed by atoms with Crippen molar-refractivity contribution in [2.45, 2.75) is 0 Å². The lowest BCUT2D eigenvalue weighted by molar-refractivity contribution is 1.35. The monoisotopic (exact) mass is 162 g/mol. The van der Waals surface area contributed by atoms with E-state index in [1.165, 1.54) is 0 Å². The highest BCUT2D eigenvalue weighted by molar-refractivity contribution is 7.28. The summed E-state index contributed by atoms with van der Waals surface area (Å²) in [4.78, 5) is 8.36. The maximum atomic E-state index is 4.20. The number of nitrogens with zero attached hydrogens (tertiary/aromatic N) is 2. The maximum Gasteiger partial charge on any atom is 0.0957 e. The van der Waals surface area contributed by atoms with Gasteiger partial charge in [-0.3, -0.25) is 9.97 Å². The van der Waals surface area contributed by atoms with Gasteiger partial charge in [-0.1, -0.05) is 0 Å². The zero-order valence-electron chi connectivity index (χ0n) is 5.86. The van der Waals surface area contributed by atoms with Gasteiger partial charge in [0, 0.05) is 12.4 Å². The SMILES string of the molecule is Pc1ccnc2cccnc12. The van der Waals surface area contributed by atoms with Gasteiger partial charge in [0.2, 0.25) is 0 Å². The standard InChI is InChI=1S/C8H7N2P/c11-7-3-5-9-6-2-1-4-10-8(6)7/h1-5H,11H2. The Balaban J connectivity index is 2.91. The predicted molar refractivity (Wildman–Crippen MR) is 48.9 cm³/mol. The molecule has 0 radical (unpaired) electrons. The van der Waals surface area contributed by atoms with Gasteiger partial charge in [-0.2, -0.15) is 0 Å². The molecule has 2 rings (SSSR count). The number of hydrogen-bond donors (Lipinski definition) is 0. The van der Waals surface area contributed by atoms with Gasteiger partial charge in [0.05, 0.1) is 11.0 Å². The summed E-state index contributed by atoms with van der Waals surface area (Å²) >= 11 is 0. The third kappa shape index (κ3) is 1.10. The van der Waals surface area contributed by atoms with Gasteiger partial charge >= 0.3 is 0 Å². The molecule has 2 nitrogen and oxygen atoms in total. The summed E-state index contributed by atoms with van der Waals surface area (Å²) in [7, 11) is 2.64. The van der Waals surface area contributed by atoms with Crippen LogP contribution >= 0.6 is 9.24 Å². The van der Waals surface area contributed by atoms with Crippen molar-refractivity contribution in [1.82, 2.24) is 9.97 Å². The van der Waals surface area contributed by atoms with Gasteiger partial charge in [0.1, 0.15) is 0 Å². The fraction of sp³-hybridized carbons (Fsp3) is 0. The summed E-state index contributed by atoms with van der Waals surface area (Å²) in [6.45, 7) is 0. The molecule has 54 valence electrons. The quantitative estimate of drug-likeness (QED) is 0.542. The van der Waals surface area contributed by atoms with Crippen LogP contribution in [0.4, 0.5) is 0 Å². The molecule has 0 aliphatic heterocycles. The van der Waals surface area contributed by atoms with Crippen molar-refractivity contribution in [3.8, 4) is 0 Å². The average molecular weight is 162 g/mol. The summed E-state index contributed by atoms with van der Waals surface area (Å²) in [5.41, 5.74) is 1.90. The summed E-state index contributed by atoms with van der Waals surface area (Å²) in [6.07, 6.45) is 3.56. The lowest BCUT2D eigenvalue weighted by Crippen LogP contribution is -1.95. The largest absolute Gasteiger partial charge is 0.255 e. The van der Waals surface area contributed by atoms with Crippen LogP contribution in [0.15, 0.2) is 30.6 Å². The van der Waals surface area contributed by atoms with Crippen LogP contribution < -0.4 is 5.30 Å². The van der Waals surface area contributed by atoms with Crippen molar-refractivity contribution in [2.75, 3.05) is 0 Å². The minimum absolute atomic E-state index is 0.944. The highest BCUT2D eigenvalue weighted by Gasteiger charge is 1.95. The van der Waals surface area contributed by atoms with Crippen molar-refractivity contribution < 1.29 is 0 Å². The van der Waals surface area contributed by atoms with E-state index in [1.807, 2.05) is 18.2 Å². The second-order valence-electron chi connectivity index (χ2n) is 2.27. The zero-order valence-corrected chi connectivity index (χ0v) is 7.01. The van der Waals surface area contributed by atoms with Crippen LogP contribution in [0.1, 0.15) is 0 Å². The summed E-state index contributed by atoms with van der Waals surface area (Å²) < 4.78 is 0. The Morgan fingerprint density at radius 1 is 1.09 bits per heavy atom. The Labute approximate surface area is 66.9 Å². The highest BCUT2D eigenvalue weighted by atomic mass is 31.0. The third-order valence-electron chi connectivity index (χ3n) is 1.53. The fourth-order valence-corrected chi connectivity index (χ4v) is 1.31. The van der Waals surface area contributed by atoms with E-state index in [9.17, 15) is 0 Å². The number of hydrogen-bond acceptors (Lipinski definition) is 2. The van der Waals surface area contributed by atoms with E-state index in [0.717, 1.165) is 16.3 Å². The molecule has 2 aromatic heterocycles. The van der Waals surface area contributed by atoms with Crippen molar-refractivity contribution in [1.29, 1.82) is 0 Å². The summed E-state index contributed by atoms with van der Waals surface area (Å²) in [5.74, 6) is 0. The fourth-order valence-electron chi connectivity index (χ4n) is 1.00. The normalized spacial score (nSPS) is 10.3. The lowest BCUT2D eigenvalue weighted by Gasteiger charge is -1.96. The molecular formula is C8H7N2P. The average Bonchev–Trinajstić information content (AvgIpc) is 2.06. The Hall–Kier alpha value is -1.01. The van der Waals surface area contributed by atoms with Gasteiger partial charge in [-0.15, -0.1) is 9.24 Å². The van der Waals surface area contributed by atoms with E-state index < -0.39 is 0 Å². The molecule has 11 heavy (non-hydrogen) atoms. The van der Waals surface area contributed by atoms with Gasteiger partial charge in [-0.05, 0) is 23.5 Å². The Kier molecular flexibility index (Phi) is 1.55. The van der Waals surface area contributed by atoms with Crippen molar-refractivity contribution >= 4 is 25.6 Å². The topological polar surface area (TPSA) is 25.8 Å². The number of rotatable bonds is 0. The molecule has 0 aliphatic rings. The predicted octanol–water partition coefficient (Wildman–Crippen LogP) is 1.13. The second-order valence-corrected chi connectivity index (χ2v) is 2.89. The Morgan fingerprint density at radius 2 is 2.00 bits per heavy atom. The molecule has 0 saturated heterocycles. The first-order chi connectivity index (χ1) is 5.38. The van der Waals surface area contributed by atoms with E-state index in [1.54, 1.807) is 12.4 Å². The van der Waals surface area contributed by atoms with Gasteiger partial charge in [0.15, 0.2) is 0 Å². The molecule has 2 aromatic rings. The van der Waals surface area contributed by atoms with E-state index >= 15 is 0 Å².